The maximum Gasteiger partial charge on any atom is 0.307 e. The fourth-order valence-electron chi connectivity index (χ4n) is 1.86. The molecule has 0 aromatic heterocycles. The molecular formula is C17H14ClF2NO3. The van der Waals surface area contributed by atoms with Gasteiger partial charge in [0.05, 0.1) is 12.0 Å². The highest BCUT2D eigenvalue weighted by atomic mass is 35.5. The molecule has 2 aromatic carbocycles. The molecule has 0 radical (unpaired) electrons. The van der Waals surface area contributed by atoms with Gasteiger partial charge in [-0.2, -0.15) is 0 Å². The van der Waals surface area contributed by atoms with Gasteiger partial charge < -0.3 is 10.1 Å². The van der Waals surface area contributed by atoms with Gasteiger partial charge in [0.15, 0.2) is 0 Å². The van der Waals surface area contributed by atoms with Crippen molar-refractivity contribution in [3.63, 3.8) is 0 Å². The van der Waals surface area contributed by atoms with Crippen LogP contribution in [-0.4, -0.2) is 18.4 Å². The Morgan fingerprint density at radius 2 is 1.79 bits per heavy atom. The molecule has 0 saturated heterocycles. The van der Waals surface area contributed by atoms with Gasteiger partial charge in [0.25, 0.3) is 5.91 Å². The maximum atomic E-state index is 13.4. The van der Waals surface area contributed by atoms with Crippen molar-refractivity contribution in [2.24, 2.45) is 0 Å². The van der Waals surface area contributed by atoms with Crippen LogP contribution in [0, 0.1) is 11.6 Å². The predicted molar refractivity (Wildman–Crippen MR) is 84.6 cm³/mol. The van der Waals surface area contributed by atoms with E-state index < -0.39 is 23.5 Å². The Balaban J connectivity index is 1.74. The second-order valence-electron chi connectivity index (χ2n) is 4.92. The van der Waals surface area contributed by atoms with Crippen molar-refractivity contribution >= 4 is 23.5 Å². The van der Waals surface area contributed by atoms with Crippen molar-refractivity contribution in [3.8, 4) is 0 Å². The highest BCUT2D eigenvalue weighted by Gasteiger charge is 2.12. The molecule has 126 valence electrons. The van der Waals surface area contributed by atoms with Gasteiger partial charge >= 0.3 is 5.97 Å². The molecule has 0 atom stereocenters. The SMILES string of the molecule is O=C(CCNC(=O)c1ccc(F)cc1F)OCc1ccc(Cl)cc1. The van der Waals surface area contributed by atoms with Crippen molar-refractivity contribution in [1.29, 1.82) is 0 Å². The molecule has 24 heavy (non-hydrogen) atoms. The summed E-state index contributed by atoms with van der Waals surface area (Å²) in [5.74, 6) is -2.96. The average molecular weight is 354 g/mol. The smallest absolute Gasteiger partial charge is 0.307 e. The quantitative estimate of drug-likeness (QED) is 0.809. The monoisotopic (exact) mass is 353 g/mol. The van der Waals surface area contributed by atoms with Gasteiger partial charge in [0, 0.05) is 17.6 Å². The number of ether oxygens (including phenoxy) is 1. The van der Waals surface area contributed by atoms with Crippen LogP contribution in [0.25, 0.3) is 0 Å². The number of hydrogen-bond acceptors (Lipinski definition) is 3. The molecule has 0 unspecified atom stereocenters. The number of carbonyl (C=O) groups excluding carboxylic acids is 2. The van der Waals surface area contributed by atoms with Crippen LogP contribution >= 0.6 is 11.6 Å². The highest BCUT2D eigenvalue weighted by Crippen LogP contribution is 2.11. The molecular weight excluding hydrogens is 340 g/mol. The molecule has 0 saturated carbocycles. The third-order valence-electron chi connectivity index (χ3n) is 3.10. The average Bonchev–Trinajstić information content (AvgIpc) is 2.54. The summed E-state index contributed by atoms with van der Waals surface area (Å²) in [7, 11) is 0. The molecule has 0 heterocycles. The van der Waals surface area contributed by atoms with Gasteiger partial charge in [-0.1, -0.05) is 23.7 Å². The third kappa shape index (κ3) is 5.31. The summed E-state index contributed by atoms with van der Waals surface area (Å²) in [6.07, 6.45) is -0.0673. The Labute approximate surface area is 142 Å². The van der Waals surface area contributed by atoms with Crippen LogP contribution in [0.5, 0.6) is 0 Å². The zero-order valence-corrected chi connectivity index (χ0v) is 13.3. The molecule has 4 nitrogen and oxygen atoms in total. The molecule has 0 aliphatic carbocycles. The Kier molecular flexibility index (Phi) is 6.26. The molecule has 0 spiro atoms. The first kappa shape index (κ1) is 17.9. The number of rotatable bonds is 6. The Hall–Kier alpha value is -2.47. The van der Waals surface area contributed by atoms with E-state index in [9.17, 15) is 18.4 Å². The molecule has 1 amide bonds. The molecule has 0 aliphatic heterocycles. The van der Waals surface area contributed by atoms with Gasteiger partial charge in [-0.3, -0.25) is 9.59 Å². The number of carbonyl (C=O) groups is 2. The third-order valence-corrected chi connectivity index (χ3v) is 3.36. The van der Waals surface area contributed by atoms with E-state index in [1.807, 2.05) is 0 Å². The van der Waals surface area contributed by atoms with Gasteiger partial charge in [-0.25, -0.2) is 8.78 Å². The lowest BCUT2D eigenvalue weighted by atomic mass is 10.2. The normalized spacial score (nSPS) is 10.3. The van der Waals surface area contributed by atoms with Gasteiger partial charge in [0.1, 0.15) is 18.2 Å². The first-order chi connectivity index (χ1) is 11.5. The number of nitrogens with one attached hydrogen (secondary N) is 1. The van der Waals surface area contributed by atoms with E-state index in [2.05, 4.69) is 5.32 Å². The largest absolute Gasteiger partial charge is 0.461 e. The molecule has 0 bridgehead atoms. The lowest BCUT2D eigenvalue weighted by Gasteiger charge is -2.07. The van der Waals surface area contributed by atoms with Crippen LogP contribution in [-0.2, 0) is 16.1 Å². The predicted octanol–water partition coefficient (Wildman–Crippen LogP) is 3.48. The second-order valence-corrected chi connectivity index (χ2v) is 5.35. The summed E-state index contributed by atoms with van der Waals surface area (Å²) in [6, 6.07) is 9.47. The second kappa shape index (κ2) is 8.40. The number of benzene rings is 2. The van der Waals surface area contributed by atoms with E-state index in [4.69, 9.17) is 16.3 Å². The fraction of sp³-hybridized carbons (Fsp3) is 0.176. The van der Waals surface area contributed by atoms with Crippen molar-refractivity contribution in [3.05, 3.63) is 70.2 Å². The Bertz CT molecular complexity index is 735. The Morgan fingerprint density at radius 1 is 1.08 bits per heavy atom. The molecule has 0 aliphatic rings. The van der Waals surface area contributed by atoms with Crippen LogP contribution in [0.3, 0.4) is 0 Å². The van der Waals surface area contributed by atoms with Crippen molar-refractivity contribution < 1.29 is 23.1 Å². The minimum Gasteiger partial charge on any atom is -0.461 e. The summed E-state index contributed by atoms with van der Waals surface area (Å²) in [6.45, 7) is 0.0750. The van der Waals surface area contributed by atoms with Crippen molar-refractivity contribution in [2.45, 2.75) is 13.0 Å². The van der Waals surface area contributed by atoms with Crippen molar-refractivity contribution in [2.75, 3.05) is 6.54 Å². The summed E-state index contributed by atoms with van der Waals surface area (Å²) in [4.78, 5) is 23.3. The van der Waals surface area contributed by atoms with Crippen LogP contribution in [0.1, 0.15) is 22.3 Å². The molecule has 2 rings (SSSR count). The van der Waals surface area contributed by atoms with E-state index in [1.165, 1.54) is 0 Å². The summed E-state index contributed by atoms with van der Waals surface area (Å²) in [5, 5.41) is 2.96. The number of amides is 1. The van der Waals surface area contributed by atoms with Crippen LogP contribution in [0.15, 0.2) is 42.5 Å². The van der Waals surface area contributed by atoms with Gasteiger partial charge in [-0.05, 0) is 29.8 Å². The zero-order valence-electron chi connectivity index (χ0n) is 12.5. The Morgan fingerprint density at radius 3 is 2.46 bits per heavy atom. The number of esters is 1. The van der Waals surface area contributed by atoms with E-state index in [0.717, 1.165) is 17.7 Å². The molecule has 0 fully saturated rings. The summed E-state index contributed by atoms with van der Waals surface area (Å²) in [5.41, 5.74) is 0.496. The molecule has 7 heteroatoms. The molecule has 2 aromatic rings. The molecule has 1 N–H and O–H groups in total. The van der Waals surface area contributed by atoms with E-state index in [1.54, 1.807) is 24.3 Å². The summed E-state index contributed by atoms with van der Waals surface area (Å²) >= 11 is 5.75. The minimum absolute atomic E-state index is 0.0187. The van der Waals surface area contributed by atoms with Crippen LogP contribution in [0.4, 0.5) is 8.78 Å². The van der Waals surface area contributed by atoms with E-state index >= 15 is 0 Å². The first-order valence-electron chi connectivity index (χ1n) is 7.09. The first-order valence-corrected chi connectivity index (χ1v) is 7.47. The topological polar surface area (TPSA) is 55.4 Å². The standard InChI is InChI=1S/C17H14ClF2NO3/c18-12-3-1-11(2-4-12)10-24-16(22)7-8-21-17(23)14-6-5-13(19)9-15(14)20/h1-6,9H,7-8,10H2,(H,21,23). The lowest BCUT2D eigenvalue weighted by molar-refractivity contribution is -0.144. The van der Waals surface area contributed by atoms with E-state index in [-0.39, 0.29) is 25.1 Å². The zero-order chi connectivity index (χ0) is 17.5. The number of halogens is 3. The number of hydrogen-bond donors (Lipinski definition) is 1. The minimum atomic E-state index is -0.960. The van der Waals surface area contributed by atoms with Crippen LogP contribution in [0.2, 0.25) is 5.02 Å². The van der Waals surface area contributed by atoms with Gasteiger partial charge in [-0.15, -0.1) is 0 Å². The fourth-order valence-corrected chi connectivity index (χ4v) is 1.99. The van der Waals surface area contributed by atoms with E-state index in [0.29, 0.717) is 11.1 Å². The maximum absolute atomic E-state index is 13.4. The van der Waals surface area contributed by atoms with Crippen LogP contribution < -0.4 is 5.32 Å². The van der Waals surface area contributed by atoms with Gasteiger partial charge in [0.2, 0.25) is 0 Å². The lowest BCUT2D eigenvalue weighted by Crippen LogP contribution is -2.27. The summed E-state index contributed by atoms with van der Waals surface area (Å²) < 4.78 is 31.2. The highest BCUT2D eigenvalue weighted by molar-refractivity contribution is 6.30. The van der Waals surface area contributed by atoms with Crippen molar-refractivity contribution in [1.82, 2.24) is 5.32 Å².